The van der Waals surface area contributed by atoms with E-state index in [4.69, 9.17) is 22.7 Å². The molecule has 0 atom stereocenters. The second-order valence-corrected chi connectivity index (χ2v) is 14.0. The Morgan fingerprint density at radius 3 is 1.12 bits per heavy atom. The molecule has 0 radical (unpaired) electrons. The fraction of sp³-hybridized carbons (Fsp3) is 0.250. The van der Waals surface area contributed by atoms with Crippen LogP contribution in [0.15, 0.2) is 102 Å². The molecule has 0 aliphatic rings. The van der Waals surface area contributed by atoms with Crippen molar-refractivity contribution in [3.05, 3.63) is 177 Å². The summed E-state index contributed by atoms with van der Waals surface area (Å²) in [6.07, 6.45) is -27.5. The molecule has 5 aromatic rings. The van der Waals surface area contributed by atoms with Crippen molar-refractivity contribution in [2.24, 2.45) is 5.11 Å². The van der Waals surface area contributed by atoms with Crippen LogP contribution in [0.3, 0.4) is 0 Å². The number of azide groups is 1. The highest BCUT2D eigenvalue weighted by molar-refractivity contribution is 5.64. The smallest absolute Gasteiger partial charge is 0.393 e. The monoisotopic (exact) mass is 1060 g/mol. The molecule has 6 N–H and O–H groups in total. The van der Waals surface area contributed by atoms with Gasteiger partial charge in [0.25, 0.3) is 11.4 Å². The van der Waals surface area contributed by atoms with Gasteiger partial charge in [-0.25, -0.2) is 4.39 Å². The number of nitrogen functional groups attached to an aromatic ring is 3. The van der Waals surface area contributed by atoms with Crippen LogP contribution in [0.1, 0.15) is 27.8 Å². The molecule has 0 fully saturated rings. The molecule has 0 aliphatic carbocycles. The third-order valence-electron chi connectivity index (χ3n) is 7.98. The maximum atomic E-state index is 12.7. The molecule has 72 heavy (non-hydrogen) atoms. The van der Waals surface area contributed by atoms with Gasteiger partial charge in [0.15, 0.2) is 0 Å². The van der Waals surface area contributed by atoms with Gasteiger partial charge in [-0.3, -0.25) is 30.3 Å². The van der Waals surface area contributed by atoms with Crippen LogP contribution in [-0.4, -0.2) is 45.7 Å². The van der Waals surface area contributed by atoms with Crippen LogP contribution in [-0.2, 0) is 32.1 Å². The van der Waals surface area contributed by atoms with E-state index in [1.807, 2.05) is 0 Å². The number of rotatable bonds is 9. The summed E-state index contributed by atoms with van der Waals surface area (Å²) < 4.78 is 204. The molecular formula is C40H32F17N9O6. The zero-order chi connectivity index (χ0) is 55.6. The Kier molecular flexibility index (Phi) is 22.5. The Morgan fingerprint density at radius 2 is 0.750 bits per heavy atom. The highest BCUT2D eigenvalue weighted by Gasteiger charge is 2.32. The van der Waals surface area contributed by atoms with E-state index in [0.717, 1.165) is 66.7 Å². The zero-order valence-corrected chi connectivity index (χ0v) is 35.6. The number of benzene rings is 5. The fourth-order valence-corrected chi connectivity index (χ4v) is 5.12. The zero-order valence-electron chi connectivity index (χ0n) is 35.6. The van der Waals surface area contributed by atoms with Gasteiger partial charge in [-0.2, -0.15) is 70.2 Å². The largest absolute Gasteiger partial charge is 0.397 e. The van der Waals surface area contributed by atoms with Crippen molar-refractivity contribution < 1.29 is 89.4 Å². The second-order valence-electron chi connectivity index (χ2n) is 14.0. The summed E-state index contributed by atoms with van der Waals surface area (Å²) in [4.78, 5) is 30.7. The highest BCUT2D eigenvalue weighted by atomic mass is 19.4. The van der Waals surface area contributed by atoms with Gasteiger partial charge >= 0.3 is 36.6 Å². The molecule has 5 rings (SSSR count). The van der Waals surface area contributed by atoms with Gasteiger partial charge in [-0.1, -0.05) is 41.5 Å². The Hall–Kier alpha value is -8.18. The lowest BCUT2D eigenvalue weighted by atomic mass is 10.1. The predicted octanol–water partition coefficient (Wildman–Crippen LogP) is 13.6. The maximum Gasteiger partial charge on any atom is 0.393 e. The molecule has 32 heteroatoms. The summed E-state index contributed by atoms with van der Waals surface area (Å²) in [7, 11) is 0. The molecule has 0 aromatic heterocycles. The second kappa shape index (κ2) is 26.1. The van der Waals surface area contributed by atoms with Crippen molar-refractivity contribution in [2.75, 3.05) is 17.2 Å². The molecule has 5 aromatic carbocycles. The molecule has 0 heterocycles. The quantitative estimate of drug-likeness (QED) is 0.0241. The molecule has 0 saturated heterocycles. The summed E-state index contributed by atoms with van der Waals surface area (Å²) in [5.74, 6) is -1.67. The first-order valence-electron chi connectivity index (χ1n) is 18.8. The standard InChI is InChI=1S/C8H5F4NO2.C8H6F4.C8H5F3N4O2.C8H7F3N2O2.C8H9F3N2/c9-6-2-1-5(4-8(10,11)12)3-7(6)13(14)15;9-7-3-1-6(2-4-7)5-8(10,11)12;9-8(10,11)4-5-1-2-6(13-14-12)7(3-5)15(16)17;9-8(10,11)4-5-1-2-6(12)7(3-5)13(14)15;9-8(10,11)4-5-1-2-6(12)7(13)3-5/h1-3H,4H2;1-4H,5H2;1-3H,4H2;1-3H,4,12H2;1-3H,4,12-13H2. The molecule has 0 saturated carbocycles. The van der Waals surface area contributed by atoms with Crippen molar-refractivity contribution in [2.45, 2.75) is 63.0 Å². The van der Waals surface area contributed by atoms with Gasteiger partial charge in [-0.05, 0) is 75.8 Å². The van der Waals surface area contributed by atoms with E-state index in [0.29, 0.717) is 17.8 Å². The fourth-order valence-electron chi connectivity index (χ4n) is 5.12. The van der Waals surface area contributed by atoms with E-state index in [1.54, 1.807) is 0 Å². The molecule has 392 valence electrons. The average molecular weight is 1060 g/mol. The van der Waals surface area contributed by atoms with Crippen LogP contribution in [0.25, 0.3) is 10.4 Å². The van der Waals surface area contributed by atoms with E-state index in [1.165, 1.54) is 18.2 Å². The lowest BCUT2D eigenvalue weighted by molar-refractivity contribution is -0.387. The summed E-state index contributed by atoms with van der Waals surface area (Å²) in [6.45, 7) is 0. The maximum absolute atomic E-state index is 12.7. The van der Waals surface area contributed by atoms with Gasteiger partial charge in [0.2, 0.25) is 5.82 Å². The number of halogens is 17. The Balaban J connectivity index is 0.000000452. The lowest BCUT2D eigenvalue weighted by Crippen LogP contribution is -2.11. The number of nitro benzene ring substituents is 3. The first-order chi connectivity index (χ1) is 32.8. The van der Waals surface area contributed by atoms with Crippen LogP contribution in [0.4, 0.5) is 114 Å². The molecule has 0 aliphatic heterocycles. The minimum Gasteiger partial charge on any atom is -0.397 e. The average Bonchev–Trinajstić information content (AvgIpc) is 3.20. The van der Waals surface area contributed by atoms with E-state index in [-0.39, 0.29) is 44.9 Å². The minimum absolute atomic E-state index is 0.0731. The summed E-state index contributed by atoms with van der Waals surface area (Å²) in [6, 6.07) is 16.1. The summed E-state index contributed by atoms with van der Waals surface area (Å²) in [5.41, 5.74) is 21.4. The first kappa shape index (κ1) is 61.8. The molecule has 0 unspecified atom stereocenters. The predicted molar refractivity (Wildman–Crippen MR) is 223 cm³/mol. The van der Waals surface area contributed by atoms with Crippen LogP contribution >= 0.6 is 0 Å². The van der Waals surface area contributed by atoms with Gasteiger partial charge in [0, 0.05) is 23.1 Å². The number of alkyl halides is 15. The summed E-state index contributed by atoms with van der Waals surface area (Å²) >= 11 is 0. The number of anilines is 3. The van der Waals surface area contributed by atoms with E-state index >= 15 is 0 Å². The van der Waals surface area contributed by atoms with Crippen molar-refractivity contribution in [1.29, 1.82) is 0 Å². The Morgan fingerprint density at radius 1 is 0.431 bits per heavy atom. The third-order valence-corrected chi connectivity index (χ3v) is 7.98. The SMILES string of the molecule is Fc1ccc(CC(F)(F)F)cc1.Nc1ccc(CC(F)(F)F)cc1N.Nc1ccc(CC(F)(F)F)cc1[N+](=O)[O-].O=[N+]([O-])c1cc(CC(F)(F)F)ccc1F.[N-]=[N+]=Nc1ccc(CC(F)(F)F)cc1[N+](=O)[O-]. The van der Waals surface area contributed by atoms with E-state index in [9.17, 15) is 105 Å². The van der Waals surface area contributed by atoms with Crippen LogP contribution in [0.5, 0.6) is 0 Å². The molecule has 15 nitrogen and oxygen atoms in total. The van der Waals surface area contributed by atoms with Crippen molar-refractivity contribution >= 4 is 39.8 Å². The topological polar surface area (TPSA) is 256 Å². The third kappa shape index (κ3) is 26.0. The van der Waals surface area contributed by atoms with Crippen LogP contribution in [0, 0.1) is 42.0 Å². The van der Waals surface area contributed by atoms with Gasteiger partial charge in [-0.15, -0.1) is 0 Å². The molecule has 0 spiro atoms. The van der Waals surface area contributed by atoms with Crippen LogP contribution < -0.4 is 17.2 Å². The first-order valence-corrected chi connectivity index (χ1v) is 18.8. The molecule has 0 bridgehead atoms. The van der Waals surface area contributed by atoms with Gasteiger partial charge in [0.05, 0.1) is 58.2 Å². The summed E-state index contributed by atoms with van der Waals surface area (Å²) in [5, 5.41) is 34.2. The number of hydrogen-bond donors (Lipinski definition) is 3. The Labute approximate surface area is 391 Å². The Bertz CT molecular complexity index is 2600. The molecule has 0 amide bonds. The van der Waals surface area contributed by atoms with Crippen molar-refractivity contribution in [3.8, 4) is 0 Å². The lowest BCUT2D eigenvalue weighted by Gasteiger charge is -2.07. The van der Waals surface area contributed by atoms with Gasteiger partial charge in [0.1, 0.15) is 17.2 Å². The van der Waals surface area contributed by atoms with Crippen LogP contribution in [0.2, 0.25) is 0 Å². The van der Waals surface area contributed by atoms with Gasteiger partial charge < -0.3 is 17.2 Å². The normalized spacial score (nSPS) is 11.3. The molecular weight excluding hydrogens is 1030 g/mol. The van der Waals surface area contributed by atoms with E-state index < -0.39 is 106 Å². The highest BCUT2D eigenvalue weighted by Crippen LogP contribution is 2.32. The van der Waals surface area contributed by atoms with Crippen molar-refractivity contribution in [3.63, 3.8) is 0 Å². The number of nitrogens with two attached hydrogens (primary N) is 3. The number of nitro groups is 3. The number of nitrogens with zero attached hydrogens (tertiary/aromatic N) is 6. The minimum atomic E-state index is -4.47. The van der Waals surface area contributed by atoms with Crippen molar-refractivity contribution in [1.82, 2.24) is 0 Å². The number of hydrogen-bond acceptors (Lipinski definition) is 10. The van der Waals surface area contributed by atoms with E-state index in [2.05, 4.69) is 10.0 Å².